The van der Waals surface area contributed by atoms with Crippen LogP contribution in [0.15, 0.2) is 16.1 Å². The summed E-state index contributed by atoms with van der Waals surface area (Å²) in [6.45, 7) is 7.21. The summed E-state index contributed by atoms with van der Waals surface area (Å²) >= 11 is 4.12. The van der Waals surface area contributed by atoms with Gasteiger partial charge in [0, 0.05) is 11.7 Å². The molecule has 4 heteroatoms. The molecule has 0 aliphatic heterocycles. The van der Waals surface area contributed by atoms with Gasteiger partial charge in [0.15, 0.2) is 0 Å². The smallest absolute Gasteiger partial charge is 0.0961 e. The highest BCUT2D eigenvalue weighted by Crippen LogP contribution is 2.10. The van der Waals surface area contributed by atoms with E-state index in [4.69, 9.17) is 5.73 Å². The van der Waals surface area contributed by atoms with Crippen LogP contribution in [0.1, 0.15) is 40.0 Å². The maximum atomic E-state index is 5.52. The molecule has 0 amide bonds. The molecule has 88 valence electrons. The minimum Gasteiger partial charge on any atom is -0.387 e. The van der Waals surface area contributed by atoms with E-state index in [0.29, 0.717) is 11.9 Å². The predicted octanol–water partition coefficient (Wildman–Crippen LogP) is 2.30. The van der Waals surface area contributed by atoms with Crippen molar-refractivity contribution in [1.29, 1.82) is 0 Å². The van der Waals surface area contributed by atoms with Crippen molar-refractivity contribution in [2.45, 2.75) is 46.1 Å². The van der Waals surface area contributed by atoms with Gasteiger partial charge in [0.1, 0.15) is 0 Å². The fraction of sp³-hybridized carbons (Fsp3) is 0.727. The monoisotopic (exact) mass is 229 g/mol. The standard InChI is InChI=1S/C11H23N3S/c1-4-7-13-9(2)5-6-11(8-15)14-10(3)12/h8-9,13,15H,4-7H2,1-3H3,(H2,12,14)/b11-8-. The second kappa shape index (κ2) is 8.80. The van der Waals surface area contributed by atoms with Crippen LogP contribution in [0.5, 0.6) is 0 Å². The molecular formula is C11H23N3S. The highest BCUT2D eigenvalue weighted by molar-refractivity contribution is 7.83. The number of nitrogens with two attached hydrogens (primary N) is 1. The average Bonchev–Trinajstić information content (AvgIpc) is 2.20. The molecule has 0 saturated heterocycles. The first-order valence-electron chi connectivity index (χ1n) is 5.47. The Morgan fingerprint density at radius 2 is 2.27 bits per heavy atom. The molecule has 1 atom stereocenters. The first kappa shape index (κ1) is 14.5. The average molecular weight is 229 g/mol. The van der Waals surface area contributed by atoms with Crippen LogP contribution in [0.25, 0.3) is 0 Å². The van der Waals surface area contributed by atoms with Gasteiger partial charge in [-0.05, 0) is 45.1 Å². The Hall–Kier alpha value is -0.480. The lowest BCUT2D eigenvalue weighted by Crippen LogP contribution is -2.26. The number of nitrogens with zero attached hydrogens (tertiary/aromatic N) is 1. The van der Waals surface area contributed by atoms with Crippen LogP contribution in [0.4, 0.5) is 0 Å². The molecule has 0 aromatic carbocycles. The summed E-state index contributed by atoms with van der Waals surface area (Å²) in [6, 6.07) is 0.515. The highest BCUT2D eigenvalue weighted by Gasteiger charge is 2.02. The van der Waals surface area contributed by atoms with E-state index in [1.165, 1.54) is 6.42 Å². The van der Waals surface area contributed by atoms with Crippen LogP contribution in [0.3, 0.4) is 0 Å². The molecule has 0 aliphatic carbocycles. The Balaban J connectivity index is 3.86. The number of allylic oxidation sites excluding steroid dienone is 1. The van der Waals surface area contributed by atoms with Crippen molar-refractivity contribution in [3.63, 3.8) is 0 Å². The molecule has 0 saturated carbocycles. The number of hydrogen-bond acceptors (Lipinski definition) is 3. The van der Waals surface area contributed by atoms with Crippen molar-refractivity contribution in [3.8, 4) is 0 Å². The molecule has 1 unspecified atom stereocenters. The van der Waals surface area contributed by atoms with Gasteiger partial charge in [-0.3, -0.25) is 0 Å². The zero-order valence-electron chi connectivity index (χ0n) is 9.95. The molecule has 3 N–H and O–H groups in total. The van der Waals surface area contributed by atoms with Crippen LogP contribution < -0.4 is 11.1 Å². The van der Waals surface area contributed by atoms with E-state index < -0.39 is 0 Å². The summed E-state index contributed by atoms with van der Waals surface area (Å²) in [4.78, 5) is 4.20. The van der Waals surface area contributed by atoms with Crippen LogP contribution in [0.2, 0.25) is 0 Å². The van der Waals surface area contributed by atoms with Gasteiger partial charge in [-0.15, -0.1) is 12.6 Å². The molecule has 15 heavy (non-hydrogen) atoms. The van der Waals surface area contributed by atoms with Crippen molar-refractivity contribution >= 4 is 18.5 Å². The third-order valence-electron chi connectivity index (χ3n) is 2.05. The van der Waals surface area contributed by atoms with Gasteiger partial charge >= 0.3 is 0 Å². The molecule has 0 spiro atoms. The van der Waals surface area contributed by atoms with Gasteiger partial charge in [-0.25, -0.2) is 4.99 Å². The molecular weight excluding hydrogens is 206 g/mol. The minimum absolute atomic E-state index is 0.515. The minimum atomic E-state index is 0.515. The zero-order chi connectivity index (χ0) is 11.7. The largest absolute Gasteiger partial charge is 0.387 e. The Morgan fingerprint density at radius 1 is 1.60 bits per heavy atom. The van der Waals surface area contributed by atoms with Crippen LogP contribution >= 0.6 is 12.6 Å². The molecule has 0 heterocycles. The van der Waals surface area contributed by atoms with Crippen LogP contribution in [0, 0.1) is 0 Å². The maximum absolute atomic E-state index is 5.52. The van der Waals surface area contributed by atoms with Gasteiger partial charge in [0.25, 0.3) is 0 Å². The van der Waals surface area contributed by atoms with E-state index in [-0.39, 0.29) is 0 Å². The van der Waals surface area contributed by atoms with E-state index in [9.17, 15) is 0 Å². The van der Waals surface area contributed by atoms with Crippen molar-refractivity contribution < 1.29 is 0 Å². The molecule has 0 fully saturated rings. The van der Waals surface area contributed by atoms with Crippen molar-refractivity contribution in [2.24, 2.45) is 10.7 Å². The summed E-state index contributed by atoms with van der Waals surface area (Å²) in [5.74, 6) is 0.587. The van der Waals surface area contributed by atoms with E-state index >= 15 is 0 Å². The number of nitrogens with one attached hydrogen (secondary N) is 1. The molecule has 0 rings (SSSR count). The van der Waals surface area contributed by atoms with Gasteiger partial charge in [-0.1, -0.05) is 6.92 Å². The third kappa shape index (κ3) is 8.51. The molecule has 0 bridgehead atoms. The fourth-order valence-electron chi connectivity index (χ4n) is 1.23. The van der Waals surface area contributed by atoms with E-state index in [1.807, 2.05) is 0 Å². The first-order chi connectivity index (χ1) is 7.10. The topological polar surface area (TPSA) is 50.4 Å². The number of hydrogen-bond donors (Lipinski definition) is 3. The van der Waals surface area contributed by atoms with Crippen LogP contribution in [-0.4, -0.2) is 18.4 Å². The lowest BCUT2D eigenvalue weighted by molar-refractivity contribution is 0.512. The Labute approximate surface area is 98.6 Å². The zero-order valence-corrected chi connectivity index (χ0v) is 10.8. The quantitative estimate of drug-likeness (QED) is 0.356. The van der Waals surface area contributed by atoms with E-state index in [1.54, 1.807) is 12.3 Å². The number of aliphatic imine (C=N–C) groups is 1. The molecule has 0 radical (unpaired) electrons. The first-order valence-corrected chi connectivity index (χ1v) is 5.99. The lowest BCUT2D eigenvalue weighted by Gasteiger charge is -2.12. The second-order valence-corrected chi connectivity index (χ2v) is 4.03. The predicted molar refractivity (Wildman–Crippen MR) is 71.4 cm³/mol. The highest BCUT2D eigenvalue weighted by atomic mass is 32.1. The summed E-state index contributed by atoms with van der Waals surface area (Å²) < 4.78 is 0. The number of rotatable bonds is 7. The van der Waals surface area contributed by atoms with E-state index in [0.717, 1.165) is 25.1 Å². The summed E-state index contributed by atoms with van der Waals surface area (Å²) in [7, 11) is 0. The van der Waals surface area contributed by atoms with Gasteiger partial charge < -0.3 is 11.1 Å². The maximum Gasteiger partial charge on any atom is 0.0961 e. The van der Waals surface area contributed by atoms with Crippen molar-refractivity contribution in [3.05, 3.63) is 11.1 Å². The van der Waals surface area contributed by atoms with Gasteiger partial charge in [0.2, 0.25) is 0 Å². The fourth-order valence-corrected chi connectivity index (χ4v) is 1.42. The molecule has 0 aromatic rings. The molecule has 3 nitrogen and oxygen atoms in total. The SMILES string of the molecule is CCCNC(C)CC/C(=C/S)N=C(C)N. The normalized spacial score (nSPS) is 15.5. The van der Waals surface area contributed by atoms with Crippen LogP contribution in [-0.2, 0) is 0 Å². The summed E-state index contributed by atoms with van der Waals surface area (Å²) in [5.41, 5.74) is 6.46. The summed E-state index contributed by atoms with van der Waals surface area (Å²) in [5, 5.41) is 5.16. The number of thiol groups is 1. The Morgan fingerprint density at radius 3 is 2.73 bits per heavy atom. The number of amidine groups is 1. The van der Waals surface area contributed by atoms with Crippen molar-refractivity contribution in [1.82, 2.24) is 5.32 Å². The van der Waals surface area contributed by atoms with E-state index in [2.05, 4.69) is 36.8 Å². The van der Waals surface area contributed by atoms with Gasteiger partial charge in [0.05, 0.1) is 5.84 Å². The summed E-state index contributed by atoms with van der Waals surface area (Å²) in [6.07, 6.45) is 3.14. The molecule has 0 aliphatic rings. The Kier molecular flexibility index (Phi) is 8.52. The Bertz CT molecular complexity index is 220. The van der Waals surface area contributed by atoms with Gasteiger partial charge in [-0.2, -0.15) is 0 Å². The third-order valence-corrected chi connectivity index (χ3v) is 2.34. The second-order valence-electron chi connectivity index (χ2n) is 3.77. The van der Waals surface area contributed by atoms with Crippen molar-refractivity contribution in [2.75, 3.05) is 6.54 Å². The lowest BCUT2D eigenvalue weighted by atomic mass is 10.1. The molecule has 0 aromatic heterocycles.